The third-order valence-electron chi connectivity index (χ3n) is 4.09. The van der Waals surface area contributed by atoms with Gasteiger partial charge in [0.1, 0.15) is 11.7 Å². The van der Waals surface area contributed by atoms with Crippen molar-refractivity contribution in [3.63, 3.8) is 0 Å². The standard InChI is InChI=1S/C17H25N3O5/c1-10(2)8-14(16(21)19-13-6-7-25-17(13)22)18-12-5-4-11(3)9-15(12)20(23)24/h4-5,9-10,13-14,17-18,22H,6-8H2,1-3H3,(H,19,21)/t13-,14-,17?/m0/s1. The molecule has 0 radical (unpaired) electrons. The topological polar surface area (TPSA) is 114 Å². The number of nitrogens with zero attached hydrogens (tertiary/aromatic N) is 1. The number of aryl methyl sites for hydroxylation is 1. The van der Waals surface area contributed by atoms with E-state index in [1.165, 1.54) is 6.07 Å². The van der Waals surface area contributed by atoms with Gasteiger partial charge in [0.15, 0.2) is 6.29 Å². The van der Waals surface area contributed by atoms with Gasteiger partial charge in [-0.1, -0.05) is 19.9 Å². The number of amides is 1. The van der Waals surface area contributed by atoms with Crippen LogP contribution < -0.4 is 10.6 Å². The van der Waals surface area contributed by atoms with Gasteiger partial charge in [0.25, 0.3) is 5.69 Å². The number of carbonyl (C=O) groups is 1. The smallest absolute Gasteiger partial charge is 0.292 e. The summed E-state index contributed by atoms with van der Waals surface area (Å²) in [4.78, 5) is 23.4. The Balaban J connectivity index is 2.17. The summed E-state index contributed by atoms with van der Waals surface area (Å²) >= 11 is 0. The van der Waals surface area contributed by atoms with Crippen LogP contribution in [0, 0.1) is 23.0 Å². The Bertz CT molecular complexity index is 635. The molecule has 1 heterocycles. The summed E-state index contributed by atoms with van der Waals surface area (Å²) in [6.45, 7) is 6.10. The Morgan fingerprint density at radius 2 is 2.20 bits per heavy atom. The molecule has 1 fully saturated rings. The molecular formula is C17H25N3O5. The minimum Gasteiger partial charge on any atom is -0.368 e. The van der Waals surface area contributed by atoms with E-state index >= 15 is 0 Å². The number of carbonyl (C=O) groups excluding carboxylic acids is 1. The second kappa shape index (κ2) is 8.26. The lowest BCUT2D eigenvalue weighted by molar-refractivity contribution is -0.384. The van der Waals surface area contributed by atoms with Crippen molar-refractivity contribution in [3.05, 3.63) is 33.9 Å². The summed E-state index contributed by atoms with van der Waals surface area (Å²) in [6, 6.07) is 3.74. The molecule has 8 nitrogen and oxygen atoms in total. The number of nitro benzene ring substituents is 1. The number of nitrogens with one attached hydrogen (secondary N) is 2. The molecule has 0 saturated carbocycles. The van der Waals surface area contributed by atoms with Gasteiger partial charge in [0, 0.05) is 6.07 Å². The molecule has 1 amide bonds. The van der Waals surface area contributed by atoms with Gasteiger partial charge >= 0.3 is 0 Å². The molecule has 0 bridgehead atoms. The SMILES string of the molecule is Cc1ccc(N[C@@H](CC(C)C)C(=O)N[C@H]2CCOC2O)c([N+](=O)[O-])c1. The predicted octanol–water partition coefficient (Wildman–Crippen LogP) is 1.95. The number of hydrogen-bond acceptors (Lipinski definition) is 6. The molecule has 25 heavy (non-hydrogen) atoms. The monoisotopic (exact) mass is 351 g/mol. The normalized spacial score (nSPS) is 21.2. The van der Waals surface area contributed by atoms with E-state index in [1.807, 2.05) is 13.8 Å². The fraction of sp³-hybridized carbons (Fsp3) is 0.588. The van der Waals surface area contributed by atoms with E-state index in [-0.39, 0.29) is 17.5 Å². The van der Waals surface area contributed by atoms with Crippen LogP contribution in [0.25, 0.3) is 0 Å². The van der Waals surface area contributed by atoms with Crippen LogP contribution in [0.15, 0.2) is 18.2 Å². The summed E-state index contributed by atoms with van der Waals surface area (Å²) < 4.78 is 5.04. The Kier molecular flexibility index (Phi) is 6.33. The molecule has 1 aliphatic heterocycles. The Morgan fingerprint density at radius 3 is 2.76 bits per heavy atom. The minimum atomic E-state index is -1.02. The second-order valence-electron chi connectivity index (χ2n) is 6.77. The number of ether oxygens (including phenoxy) is 1. The third-order valence-corrected chi connectivity index (χ3v) is 4.09. The Hall–Kier alpha value is -2.19. The summed E-state index contributed by atoms with van der Waals surface area (Å²) in [6.07, 6.45) is 0.0179. The highest BCUT2D eigenvalue weighted by molar-refractivity contribution is 5.85. The van der Waals surface area contributed by atoms with E-state index in [2.05, 4.69) is 10.6 Å². The van der Waals surface area contributed by atoms with E-state index in [1.54, 1.807) is 19.1 Å². The maximum absolute atomic E-state index is 12.6. The summed E-state index contributed by atoms with van der Waals surface area (Å²) in [5.41, 5.74) is 1.01. The van der Waals surface area contributed by atoms with E-state index in [0.717, 1.165) is 5.56 Å². The van der Waals surface area contributed by atoms with Crippen LogP contribution in [0.3, 0.4) is 0 Å². The Labute approximate surface area is 146 Å². The van der Waals surface area contributed by atoms with Crippen molar-refractivity contribution < 1.29 is 19.6 Å². The van der Waals surface area contributed by atoms with Crippen LogP contribution >= 0.6 is 0 Å². The third kappa shape index (κ3) is 5.14. The fourth-order valence-corrected chi connectivity index (χ4v) is 2.81. The average molecular weight is 351 g/mol. The lowest BCUT2D eigenvalue weighted by Gasteiger charge is -2.24. The molecule has 1 saturated heterocycles. The summed E-state index contributed by atoms with van der Waals surface area (Å²) in [5, 5.41) is 26.7. The minimum absolute atomic E-state index is 0.0641. The van der Waals surface area contributed by atoms with Crippen molar-refractivity contribution >= 4 is 17.3 Å². The average Bonchev–Trinajstić information content (AvgIpc) is 2.92. The summed E-state index contributed by atoms with van der Waals surface area (Å²) in [5.74, 6) is -0.101. The van der Waals surface area contributed by atoms with Crippen LogP contribution in [0.5, 0.6) is 0 Å². The molecule has 1 aromatic carbocycles. The van der Waals surface area contributed by atoms with Gasteiger partial charge in [-0.3, -0.25) is 14.9 Å². The zero-order valence-corrected chi connectivity index (χ0v) is 14.7. The fourth-order valence-electron chi connectivity index (χ4n) is 2.81. The van der Waals surface area contributed by atoms with Crippen LogP contribution in [0.2, 0.25) is 0 Å². The zero-order valence-electron chi connectivity index (χ0n) is 14.7. The largest absolute Gasteiger partial charge is 0.368 e. The molecule has 138 valence electrons. The maximum atomic E-state index is 12.6. The molecule has 1 aliphatic rings. The number of aliphatic hydroxyl groups excluding tert-OH is 1. The highest BCUT2D eigenvalue weighted by atomic mass is 16.6. The number of aliphatic hydroxyl groups is 1. The van der Waals surface area contributed by atoms with Crippen molar-refractivity contribution in [1.82, 2.24) is 5.32 Å². The van der Waals surface area contributed by atoms with Crippen molar-refractivity contribution in [2.45, 2.75) is 52.0 Å². The van der Waals surface area contributed by atoms with Gasteiger partial charge in [0.2, 0.25) is 5.91 Å². The molecule has 0 aromatic heterocycles. The molecule has 3 N–H and O–H groups in total. The first-order valence-electron chi connectivity index (χ1n) is 8.39. The molecule has 2 rings (SSSR count). The van der Waals surface area contributed by atoms with E-state index in [4.69, 9.17) is 4.74 Å². The molecule has 8 heteroatoms. The Morgan fingerprint density at radius 1 is 1.48 bits per heavy atom. The molecule has 0 spiro atoms. The van der Waals surface area contributed by atoms with E-state index in [0.29, 0.717) is 25.1 Å². The maximum Gasteiger partial charge on any atom is 0.292 e. The predicted molar refractivity (Wildman–Crippen MR) is 93.2 cm³/mol. The lowest BCUT2D eigenvalue weighted by Crippen LogP contribution is -2.48. The highest BCUT2D eigenvalue weighted by Crippen LogP contribution is 2.27. The van der Waals surface area contributed by atoms with Crippen molar-refractivity contribution in [2.24, 2.45) is 5.92 Å². The number of nitro groups is 1. The molecule has 0 aliphatic carbocycles. The second-order valence-corrected chi connectivity index (χ2v) is 6.77. The lowest BCUT2D eigenvalue weighted by atomic mass is 10.0. The van der Waals surface area contributed by atoms with Crippen LogP contribution in [0.1, 0.15) is 32.3 Å². The van der Waals surface area contributed by atoms with Crippen molar-refractivity contribution in [2.75, 3.05) is 11.9 Å². The van der Waals surface area contributed by atoms with E-state index < -0.39 is 23.3 Å². The van der Waals surface area contributed by atoms with Gasteiger partial charge < -0.3 is 20.5 Å². The first-order valence-corrected chi connectivity index (χ1v) is 8.39. The van der Waals surface area contributed by atoms with Gasteiger partial charge in [0.05, 0.1) is 17.6 Å². The van der Waals surface area contributed by atoms with Gasteiger partial charge in [-0.05, 0) is 37.3 Å². The van der Waals surface area contributed by atoms with Crippen molar-refractivity contribution in [1.29, 1.82) is 0 Å². The van der Waals surface area contributed by atoms with Crippen LogP contribution in [-0.4, -0.2) is 40.9 Å². The first kappa shape index (κ1) is 19.1. The molecule has 1 aromatic rings. The number of hydrogen-bond donors (Lipinski definition) is 3. The number of anilines is 1. The van der Waals surface area contributed by atoms with Crippen LogP contribution in [0.4, 0.5) is 11.4 Å². The van der Waals surface area contributed by atoms with Gasteiger partial charge in [-0.25, -0.2) is 0 Å². The molecule has 3 atom stereocenters. The number of benzene rings is 1. The van der Waals surface area contributed by atoms with Gasteiger partial charge in [-0.2, -0.15) is 0 Å². The quantitative estimate of drug-likeness (QED) is 0.511. The van der Waals surface area contributed by atoms with Crippen molar-refractivity contribution in [3.8, 4) is 0 Å². The highest BCUT2D eigenvalue weighted by Gasteiger charge is 2.31. The number of rotatable bonds is 7. The zero-order chi connectivity index (χ0) is 18.6. The molecule has 1 unspecified atom stereocenters. The van der Waals surface area contributed by atoms with Crippen LogP contribution in [-0.2, 0) is 9.53 Å². The summed E-state index contributed by atoms with van der Waals surface area (Å²) in [7, 11) is 0. The first-order chi connectivity index (χ1) is 11.8. The van der Waals surface area contributed by atoms with Gasteiger partial charge in [-0.15, -0.1) is 0 Å². The van der Waals surface area contributed by atoms with E-state index in [9.17, 15) is 20.0 Å². The molecular weight excluding hydrogens is 326 g/mol.